The van der Waals surface area contributed by atoms with Crippen molar-refractivity contribution in [2.24, 2.45) is 4.99 Å². The van der Waals surface area contributed by atoms with E-state index >= 15 is 0 Å². The predicted molar refractivity (Wildman–Crippen MR) is 104 cm³/mol. The summed E-state index contributed by atoms with van der Waals surface area (Å²) in [5.74, 6) is 0.860. The highest BCUT2D eigenvalue weighted by molar-refractivity contribution is 14.0. The topological polar surface area (TPSA) is 36.4 Å². The number of halogens is 1. The fourth-order valence-electron chi connectivity index (χ4n) is 1.96. The summed E-state index contributed by atoms with van der Waals surface area (Å²) in [7, 11) is 1.81. The normalized spacial score (nSPS) is 12.1. The summed E-state index contributed by atoms with van der Waals surface area (Å²) in [5, 5.41) is 6.72. The molecule has 0 radical (unpaired) electrons. The monoisotopic (exact) mass is 401 g/mol. The van der Waals surface area contributed by atoms with Gasteiger partial charge in [0.25, 0.3) is 0 Å². The van der Waals surface area contributed by atoms with Crippen LogP contribution in [0.3, 0.4) is 0 Å². The second kappa shape index (κ2) is 10.7. The molecule has 0 bridgehead atoms. The number of guanidine groups is 1. The summed E-state index contributed by atoms with van der Waals surface area (Å²) in [5.41, 5.74) is 1.40. The van der Waals surface area contributed by atoms with Gasteiger partial charge in [-0.3, -0.25) is 4.99 Å². The summed E-state index contributed by atoms with van der Waals surface area (Å²) in [4.78, 5) is 4.25. The first-order chi connectivity index (χ1) is 9.60. The molecule has 0 fully saturated rings. The molecule has 2 N–H and O–H groups in total. The molecule has 3 nitrogen and oxygen atoms in total. The predicted octanol–water partition coefficient (Wildman–Crippen LogP) is 3.71. The van der Waals surface area contributed by atoms with Crippen LogP contribution in [0, 0.1) is 0 Å². The maximum atomic E-state index is 4.25. The lowest BCUT2D eigenvalue weighted by atomic mass is 9.85. The summed E-state index contributed by atoms with van der Waals surface area (Å²) in [6, 6.07) is 10.6. The maximum absolute atomic E-state index is 4.25. The largest absolute Gasteiger partial charge is 0.356 e. The molecule has 118 valence electrons. The average molecular weight is 401 g/mol. The molecule has 0 amide bonds. The molecule has 0 aliphatic rings. The Balaban J connectivity index is 0.00000400. The second-order valence-electron chi connectivity index (χ2n) is 5.46. The van der Waals surface area contributed by atoms with Gasteiger partial charge < -0.3 is 10.6 Å². The maximum Gasteiger partial charge on any atom is 0.191 e. The Morgan fingerprint density at radius 1 is 1.19 bits per heavy atom. The van der Waals surface area contributed by atoms with Gasteiger partial charge >= 0.3 is 0 Å². The third-order valence-corrected chi connectivity index (χ3v) is 3.32. The lowest BCUT2D eigenvalue weighted by Crippen LogP contribution is -2.43. The molecule has 0 atom stereocenters. The van der Waals surface area contributed by atoms with Gasteiger partial charge in [-0.2, -0.15) is 0 Å². The van der Waals surface area contributed by atoms with E-state index in [2.05, 4.69) is 72.0 Å². The van der Waals surface area contributed by atoms with Crippen LogP contribution < -0.4 is 10.6 Å². The molecular formula is C17H28IN3. The number of aliphatic imine (C=N–C) groups is 1. The fraction of sp³-hybridized carbons (Fsp3) is 0.471. The summed E-state index contributed by atoms with van der Waals surface area (Å²) < 4.78 is 0. The summed E-state index contributed by atoms with van der Waals surface area (Å²) >= 11 is 0. The van der Waals surface area contributed by atoms with Crippen molar-refractivity contribution in [3.63, 3.8) is 0 Å². The molecule has 0 aliphatic carbocycles. The molecule has 0 unspecified atom stereocenters. The Morgan fingerprint density at radius 3 is 2.43 bits per heavy atom. The van der Waals surface area contributed by atoms with Crippen LogP contribution in [0.25, 0.3) is 0 Å². The molecule has 1 aromatic rings. The van der Waals surface area contributed by atoms with Gasteiger partial charge in [0.05, 0.1) is 0 Å². The average Bonchev–Trinajstić information content (AvgIpc) is 2.47. The fourth-order valence-corrected chi connectivity index (χ4v) is 1.96. The van der Waals surface area contributed by atoms with E-state index in [-0.39, 0.29) is 29.4 Å². The van der Waals surface area contributed by atoms with E-state index in [1.807, 2.05) is 6.92 Å². The smallest absolute Gasteiger partial charge is 0.191 e. The molecule has 0 aliphatic heterocycles. The third kappa shape index (κ3) is 7.50. The highest BCUT2D eigenvalue weighted by Crippen LogP contribution is 2.21. The van der Waals surface area contributed by atoms with Gasteiger partial charge in [0.15, 0.2) is 5.96 Å². The van der Waals surface area contributed by atoms with Crippen molar-refractivity contribution >= 4 is 29.9 Å². The Kier molecular flexibility index (Phi) is 10.1. The minimum atomic E-state index is 0. The minimum Gasteiger partial charge on any atom is -0.356 e. The first kappa shape index (κ1) is 20.0. The highest BCUT2D eigenvalue weighted by Gasteiger charge is 2.20. The molecule has 4 heteroatoms. The van der Waals surface area contributed by atoms with Crippen LogP contribution in [0.4, 0.5) is 0 Å². The van der Waals surface area contributed by atoms with Crippen LogP contribution in [0.5, 0.6) is 0 Å². The van der Waals surface area contributed by atoms with Gasteiger partial charge in [-0.15, -0.1) is 24.0 Å². The SMILES string of the molecule is C/C=C/CCNC(=NC)NCC(C)(C)c1ccccc1.I. The van der Waals surface area contributed by atoms with E-state index in [0.29, 0.717) is 0 Å². The van der Waals surface area contributed by atoms with Gasteiger partial charge in [0.2, 0.25) is 0 Å². The Bertz CT molecular complexity index is 439. The van der Waals surface area contributed by atoms with E-state index in [0.717, 1.165) is 25.5 Å². The Morgan fingerprint density at radius 2 is 1.86 bits per heavy atom. The molecule has 0 saturated carbocycles. The Labute approximate surface area is 146 Å². The van der Waals surface area contributed by atoms with Gasteiger partial charge in [0, 0.05) is 25.6 Å². The van der Waals surface area contributed by atoms with Crippen LogP contribution in [0.1, 0.15) is 32.8 Å². The summed E-state index contributed by atoms with van der Waals surface area (Å²) in [6.45, 7) is 8.26. The first-order valence-corrected chi connectivity index (χ1v) is 7.21. The molecule has 0 spiro atoms. The van der Waals surface area contributed by atoms with Crippen molar-refractivity contribution in [1.82, 2.24) is 10.6 Å². The molecule has 1 rings (SSSR count). The van der Waals surface area contributed by atoms with Crippen molar-refractivity contribution < 1.29 is 0 Å². The van der Waals surface area contributed by atoms with Crippen LogP contribution >= 0.6 is 24.0 Å². The van der Waals surface area contributed by atoms with Gasteiger partial charge in [-0.1, -0.05) is 56.3 Å². The molecule has 21 heavy (non-hydrogen) atoms. The van der Waals surface area contributed by atoms with Gasteiger partial charge in [0.1, 0.15) is 0 Å². The second-order valence-corrected chi connectivity index (χ2v) is 5.46. The van der Waals surface area contributed by atoms with E-state index in [4.69, 9.17) is 0 Å². The highest BCUT2D eigenvalue weighted by atomic mass is 127. The number of hydrogen-bond acceptors (Lipinski definition) is 1. The van der Waals surface area contributed by atoms with Crippen molar-refractivity contribution in [1.29, 1.82) is 0 Å². The third-order valence-electron chi connectivity index (χ3n) is 3.32. The van der Waals surface area contributed by atoms with Gasteiger partial charge in [-0.05, 0) is 18.9 Å². The quantitative estimate of drug-likeness (QED) is 0.251. The van der Waals surface area contributed by atoms with E-state index in [1.54, 1.807) is 7.05 Å². The van der Waals surface area contributed by atoms with Crippen molar-refractivity contribution in [3.05, 3.63) is 48.0 Å². The van der Waals surface area contributed by atoms with Crippen LogP contribution in [-0.4, -0.2) is 26.1 Å². The number of hydrogen-bond donors (Lipinski definition) is 2. The number of nitrogens with one attached hydrogen (secondary N) is 2. The number of allylic oxidation sites excluding steroid dienone is 1. The number of rotatable bonds is 6. The van der Waals surface area contributed by atoms with Crippen molar-refractivity contribution in [2.75, 3.05) is 20.1 Å². The Hall–Kier alpha value is -1.04. The van der Waals surface area contributed by atoms with Crippen molar-refractivity contribution in [2.45, 2.75) is 32.6 Å². The number of nitrogens with zero attached hydrogens (tertiary/aromatic N) is 1. The van der Waals surface area contributed by atoms with E-state index in [1.165, 1.54) is 5.56 Å². The molecule has 1 aromatic carbocycles. The lowest BCUT2D eigenvalue weighted by Gasteiger charge is -2.26. The van der Waals surface area contributed by atoms with Crippen LogP contribution in [0.15, 0.2) is 47.5 Å². The molecular weight excluding hydrogens is 373 g/mol. The number of benzene rings is 1. The van der Waals surface area contributed by atoms with Crippen LogP contribution in [-0.2, 0) is 5.41 Å². The van der Waals surface area contributed by atoms with E-state index in [9.17, 15) is 0 Å². The lowest BCUT2D eigenvalue weighted by molar-refractivity contribution is 0.509. The zero-order chi connectivity index (χ0) is 14.8. The first-order valence-electron chi connectivity index (χ1n) is 7.21. The standard InChI is InChI=1S/C17H27N3.HI/c1-5-6-10-13-19-16(18-4)20-14-17(2,3)15-11-8-7-9-12-15;/h5-9,11-12H,10,13-14H2,1-4H3,(H2,18,19,20);1H/b6-5+;. The van der Waals surface area contributed by atoms with Crippen molar-refractivity contribution in [3.8, 4) is 0 Å². The van der Waals surface area contributed by atoms with E-state index < -0.39 is 0 Å². The zero-order valence-electron chi connectivity index (χ0n) is 13.5. The molecule has 0 aromatic heterocycles. The molecule has 0 saturated heterocycles. The van der Waals surface area contributed by atoms with Gasteiger partial charge in [-0.25, -0.2) is 0 Å². The summed E-state index contributed by atoms with van der Waals surface area (Å²) in [6.07, 6.45) is 5.23. The minimum absolute atomic E-state index is 0. The zero-order valence-corrected chi connectivity index (χ0v) is 15.8. The molecule has 0 heterocycles. The van der Waals surface area contributed by atoms with Crippen LogP contribution in [0.2, 0.25) is 0 Å².